The molecule has 0 spiro atoms. The van der Waals surface area contributed by atoms with Crippen LogP contribution in [0.1, 0.15) is 25.1 Å². The van der Waals surface area contributed by atoms with E-state index in [2.05, 4.69) is 4.98 Å². The van der Waals surface area contributed by atoms with Crippen LogP contribution >= 0.6 is 0 Å². The topological polar surface area (TPSA) is 32.9 Å². The van der Waals surface area contributed by atoms with Crippen LogP contribution in [0.5, 0.6) is 0 Å². The summed E-state index contributed by atoms with van der Waals surface area (Å²) in [5, 5.41) is 0.0320. The molecular formula is C16H14F3NO. The Morgan fingerprint density at radius 3 is 2.52 bits per heavy atom. The third kappa shape index (κ3) is 2.91. The van der Waals surface area contributed by atoms with Crippen LogP contribution in [-0.4, -0.2) is 4.98 Å². The molecule has 2 rings (SSSR count). The molecule has 1 N–H and O–H groups in total. The van der Waals surface area contributed by atoms with Gasteiger partial charge in [0.15, 0.2) is 5.43 Å². The SMILES string of the molecule is C/C=C\C(=C/C)c1cc(=O)c2cccc(C(F)(F)F)c2[nH]1. The molecule has 0 fully saturated rings. The van der Waals surface area contributed by atoms with Gasteiger partial charge in [0.05, 0.1) is 11.1 Å². The third-order valence-electron chi connectivity index (χ3n) is 3.14. The van der Waals surface area contributed by atoms with Gasteiger partial charge in [0.2, 0.25) is 0 Å². The summed E-state index contributed by atoms with van der Waals surface area (Å²) in [6, 6.07) is 4.91. The zero-order valence-corrected chi connectivity index (χ0v) is 11.6. The molecule has 1 aromatic carbocycles. The van der Waals surface area contributed by atoms with Gasteiger partial charge in [-0.3, -0.25) is 4.79 Å². The molecule has 2 aromatic rings. The molecule has 110 valence electrons. The minimum Gasteiger partial charge on any atom is -0.354 e. The summed E-state index contributed by atoms with van der Waals surface area (Å²) >= 11 is 0. The summed E-state index contributed by atoms with van der Waals surface area (Å²) in [6.45, 7) is 3.55. The van der Waals surface area contributed by atoms with E-state index in [1.54, 1.807) is 32.1 Å². The van der Waals surface area contributed by atoms with Gasteiger partial charge in [0.25, 0.3) is 0 Å². The molecular weight excluding hydrogens is 279 g/mol. The number of H-pyrrole nitrogens is 1. The summed E-state index contributed by atoms with van der Waals surface area (Å²) in [4.78, 5) is 14.8. The second-order valence-electron chi connectivity index (χ2n) is 4.52. The Morgan fingerprint density at radius 1 is 1.24 bits per heavy atom. The van der Waals surface area contributed by atoms with Gasteiger partial charge in [-0.15, -0.1) is 0 Å². The number of allylic oxidation sites excluding steroid dienone is 4. The smallest absolute Gasteiger partial charge is 0.354 e. The van der Waals surface area contributed by atoms with Crippen molar-refractivity contribution in [2.75, 3.05) is 0 Å². The summed E-state index contributed by atoms with van der Waals surface area (Å²) in [5.74, 6) is 0. The monoisotopic (exact) mass is 293 g/mol. The van der Waals surface area contributed by atoms with E-state index >= 15 is 0 Å². The first kappa shape index (κ1) is 15.1. The zero-order chi connectivity index (χ0) is 15.6. The van der Waals surface area contributed by atoms with Gasteiger partial charge >= 0.3 is 6.18 Å². The van der Waals surface area contributed by atoms with Gasteiger partial charge in [0, 0.05) is 17.1 Å². The number of hydrogen-bond donors (Lipinski definition) is 1. The molecule has 0 saturated carbocycles. The Hall–Kier alpha value is -2.30. The van der Waals surface area contributed by atoms with Crippen LogP contribution in [-0.2, 0) is 6.18 Å². The van der Waals surface area contributed by atoms with Crippen LogP contribution in [0.3, 0.4) is 0 Å². The Bertz CT molecular complexity index is 782. The molecule has 0 atom stereocenters. The van der Waals surface area contributed by atoms with E-state index in [0.717, 1.165) is 6.07 Å². The lowest BCUT2D eigenvalue weighted by molar-refractivity contribution is -0.136. The van der Waals surface area contributed by atoms with Gasteiger partial charge in [-0.25, -0.2) is 0 Å². The lowest BCUT2D eigenvalue weighted by Crippen LogP contribution is -2.11. The summed E-state index contributed by atoms with van der Waals surface area (Å²) in [5.41, 5.74) is -0.432. The Morgan fingerprint density at radius 2 is 1.95 bits per heavy atom. The van der Waals surface area contributed by atoms with Crippen LogP contribution in [0, 0.1) is 0 Å². The lowest BCUT2D eigenvalue weighted by Gasteiger charge is -2.12. The third-order valence-corrected chi connectivity index (χ3v) is 3.14. The van der Waals surface area contributed by atoms with E-state index in [0.29, 0.717) is 11.3 Å². The van der Waals surface area contributed by atoms with Crippen molar-refractivity contribution in [3.63, 3.8) is 0 Å². The molecule has 0 radical (unpaired) electrons. The Balaban J connectivity index is 2.83. The van der Waals surface area contributed by atoms with Crippen molar-refractivity contribution in [1.82, 2.24) is 4.98 Å². The second-order valence-corrected chi connectivity index (χ2v) is 4.52. The van der Waals surface area contributed by atoms with Crippen LogP contribution in [0.4, 0.5) is 13.2 Å². The first-order valence-electron chi connectivity index (χ1n) is 6.41. The maximum absolute atomic E-state index is 13.1. The highest BCUT2D eigenvalue weighted by Gasteiger charge is 2.33. The highest BCUT2D eigenvalue weighted by atomic mass is 19.4. The second kappa shape index (κ2) is 5.60. The van der Waals surface area contributed by atoms with E-state index in [1.807, 2.05) is 0 Å². The average molecular weight is 293 g/mol. The maximum Gasteiger partial charge on any atom is 0.418 e. The number of aromatic nitrogens is 1. The first-order valence-corrected chi connectivity index (χ1v) is 6.41. The highest BCUT2D eigenvalue weighted by Crippen LogP contribution is 2.33. The number of alkyl halides is 3. The molecule has 0 unspecified atom stereocenters. The summed E-state index contributed by atoms with van der Waals surface area (Å²) in [7, 11) is 0. The number of nitrogens with one attached hydrogen (secondary N) is 1. The largest absolute Gasteiger partial charge is 0.418 e. The van der Waals surface area contributed by atoms with Crippen molar-refractivity contribution in [2.24, 2.45) is 0 Å². The number of pyridine rings is 1. The molecule has 1 heterocycles. The van der Waals surface area contributed by atoms with Gasteiger partial charge in [0.1, 0.15) is 0 Å². The fourth-order valence-electron chi connectivity index (χ4n) is 2.18. The lowest BCUT2D eigenvalue weighted by atomic mass is 10.1. The number of aromatic amines is 1. The van der Waals surface area contributed by atoms with Crippen molar-refractivity contribution in [2.45, 2.75) is 20.0 Å². The molecule has 21 heavy (non-hydrogen) atoms. The number of hydrogen-bond acceptors (Lipinski definition) is 1. The Kier molecular flexibility index (Phi) is 4.02. The minimum atomic E-state index is -4.52. The quantitative estimate of drug-likeness (QED) is 0.811. The average Bonchev–Trinajstić information content (AvgIpc) is 2.43. The molecule has 0 amide bonds. The molecule has 0 bridgehead atoms. The van der Waals surface area contributed by atoms with Crippen molar-refractivity contribution in [1.29, 1.82) is 0 Å². The minimum absolute atomic E-state index is 0.0320. The van der Waals surface area contributed by atoms with Crippen LogP contribution in [0.2, 0.25) is 0 Å². The highest BCUT2D eigenvalue weighted by molar-refractivity contribution is 5.85. The normalized spacial score (nSPS) is 13.3. The molecule has 1 aromatic heterocycles. The predicted octanol–water partition coefficient (Wildman–Crippen LogP) is 4.53. The van der Waals surface area contributed by atoms with Crippen molar-refractivity contribution in [3.8, 4) is 0 Å². The molecule has 2 nitrogen and oxygen atoms in total. The van der Waals surface area contributed by atoms with Crippen LogP contribution < -0.4 is 5.43 Å². The molecule has 0 saturated heterocycles. The molecule has 0 aliphatic rings. The Labute approximate surface area is 119 Å². The number of halogens is 3. The van der Waals surface area contributed by atoms with E-state index in [-0.39, 0.29) is 10.9 Å². The van der Waals surface area contributed by atoms with E-state index in [4.69, 9.17) is 0 Å². The van der Waals surface area contributed by atoms with Crippen molar-refractivity contribution in [3.05, 3.63) is 64.0 Å². The molecule has 5 heteroatoms. The predicted molar refractivity (Wildman–Crippen MR) is 78.0 cm³/mol. The van der Waals surface area contributed by atoms with E-state index in [1.165, 1.54) is 18.2 Å². The standard InChI is InChI=1S/C16H14F3NO/c1-3-6-10(4-2)13-9-14(21)11-7-5-8-12(15(11)20-13)16(17,18)19/h3-9H,1-2H3,(H,20,21)/b6-3-,10-4+. The number of benzene rings is 1. The van der Waals surface area contributed by atoms with E-state index < -0.39 is 17.2 Å². The summed E-state index contributed by atoms with van der Waals surface area (Å²) < 4.78 is 39.2. The van der Waals surface area contributed by atoms with Crippen LogP contribution in [0.15, 0.2) is 47.3 Å². The number of fused-ring (bicyclic) bond motifs is 1. The van der Waals surface area contributed by atoms with Crippen molar-refractivity contribution >= 4 is 16.5 Å². The van der Waals surface area contributed by atoms with Crippen molar-refractivity contribution < 1.29 is 13.2 Å². The van der Waals surface area contributed by atoms with Gasteiger partial charge < -0.3 is 4.98 Å². The zero-order valence-electron chi connectivity index (χ0n) is 11.6. The number of para-hydroxylation sites is 1. The first-order chi connectivity index (χ1) is 9.88. The van der Waals surface area contributed by atoms with Crippen LogP contribution in [0.25, 0.3) is 16.5 Å². The maximum atomic E-state index is 13.1. The molecule has 0 aliphatic carbocycles. The summed E-state index contributed by atoms with van der Waals surface area (Å²) in [6.07, 6.45) is 0.700. The van der Waals surface area contributed by atoms with Gasteiger partial charge in [-0.05, 0) is 31.6 Å². The fraction of sp³-hybridized carbons (Fsp3) is 0.188. The van der Waals surface area contributed by atoms with Gasteiger partial charge in [-0.1, -0.05) is 24.3 Å². The van der Waals surface area contributed by atoms with E-state index in [9.17, 15) is 18.0 Å². The van der Waals surface area contributed by atoms with Gasteiger partial charge in [-0.2, -0.15) is 13.2 Å². The molecule has 0 aliphatic heterocycles. The number of rotatable bonds is 2. The fourth-order valence-corrected chi connectivity index (χ4v) is 2.18.